The molecule has 2 atom stereocenters. The Hall–Kier alpha value is -2.11. The fourth-order valence-corrected chi connectivity index (χ4v) is 3.17. The largest absolute Gasteiger partial charge is 0.396 e. The zero-order chi connectivity index (χ0) is 16.2. The minimum absolute atomic E-state index is 0.0204. The van der Waals surface area contributed by atoms with Crippen molar-refractivity contribution in [3.05, 3.63) is 59.9 Å². The van der Waals surface area contributed by atoms with Crippen LogP contribution in [0.2, 0.25) is 0 Å². The molecule has 1 fully saturated rings. The topological polar surface area (TPSA) is 57.5 Å². The molecule has 122 valence electrons. The number of rotatable bonds is 5. The predicted molar refractivity (Wildman–Crippen MR) is 89.0 cm³/mol. The summed E-state index contributed by atoms with van der Waals surface area (Å²) in [6.07, 6.45) is 2.03. The number of amides is 1. The second-order valence-corrected chi connectivity index (χ2v) is 6.19. The van der Waals surface area contributed by atoms with E-state index in [1.807, 2.05) is 37.5 Å². The average molecular weight is 313 g/mol. The second-order valence-electron chi connectivity index (χ2n) is 6.19. The van der Waals surface area contributed by atoms with Gasteiger partial charge in [0, 0.05) is 62.7 Å². The van der Waals surface area contributed by atoms with Gasteiger partial charge >= 0.3 is 0 Å². The van der Waals surface area contributed by atoms with E-state index in [9.17, 15) is 9.90 Å². The van der Waals surface area contributed by atoms with E-state index in [0.29, 0.717) is 5.56 Å². The Balaban J connectivity index is 1.63. The van der Waals surface area contributed by atoms with Crippen molar-refractivity contribution in [3.63, 3.8) is 0 Å². The zero-order valence-electron chi connectivity index (χ0n) is 13.4. The molecule has 0 aliphatic carbocycles. The quantitative estimate of drug-likeness (QED) is 0.873. The minimum atomic E-state index is -0.0743. The number of nitrogens with zero attached hydrogens (tertiary/aromatic N) is 2. The van der Waals surface area contributed by atoms with Crippen LogP contribution in [0.4, 0.5) is 0 Å². The molecule has 1 aliphatic rings. The Bertz CT molecular complexity index is 653. The maximum Gasteiger partial charge on any atom is 0.251 e. The van der Waals surface area contributed by atoms with Gasteiger partial charge in [0.15, 0.2) is 0 Å². The third-order valence-electron chi connectivity index (χ3n) is 4.54. The summed E-state index contributed by atoms with van der Waals surface area (Å²) in [4.78, 5) is 14.6. The molecule has 3 rings (SSSR count). The minimum Gasteiger partial charge on any atom is -0.396 e. The van der Waals surface area contributed by atoms with E-state index < -0.39 is 0 Å². The van der Waals surface area contributed by atoms with Crippen molar-refractivity contribution in [1.29, 1.82) is 0 Å². The van der Waals surface area contributed by atoms with Crippen LogP contribution < -0.4 is 5.32 Å². The van der Waals surface area contributed by atoms with Gasteiger partial charge in [-0.3, -0.25) is 9.69 Å². The molecule has 0 spiro atoms. The van der Waals surface area contributed by atoms with Crippen LogP contribution in [0.3, 0.4) is 0 Å². The lowest BCUT2D eigenvalue weighted by atomic mass is 10.0. The first-order chi connectivity index (χ1) is 11.2. The SMILES string of the molecule is Cn1cccc1CN1C[C@@H](CO)[C@H](NC(=O)c2ccccc2)C1. The zero-order valence-corrected chi connectivity index (χ0v) is 13.4. The lowest BCUT2D eigenvalue weighted by Gasteiger charge is -2.18. The van der Waals surface area contributed by atoms with Gasteiger partial charge in [-0.15, -0.1) is 0 Å². The summed E-state index contributed by atoms with van der Waals surface area (Å²) in [5.74, 6) is -0.00213. The van der Waals surface area contributed by atoms with E-state index in [0.717, 1.165) is 19.6 Å². The highest BCUT2D eigenvalue weighted by molar-refractivity contribution is 5.94. The first kappa shape index (κ1) is 15.8. The molecule has 5 heteroatoms. The van der Waals surface area contributed by atoms with Gasteiger partial charge in [0.1, 0.15) is 0 Å². The Labute approximate surface area is 136 Å². The van der Waals surface area contributed by atoms with Crippen LogP contribution in [0.1, 0.15) is 16.1 Å². The number of likely N-dealkylation sites (tertiary alicyclic amines) is 1. The fourth-order valence-electron chi connectivity index (χ4n) is 3.17. The number of aliphatic hydroxyl groups excluding tert-OH is 1. The normalized spacial score (nSPS) is 21.5. The summed E-state index contributed by atoms with van der Waals surface area (Å²) < 4.78 is 2.10. The van der Waals surface area contributed by atoms with Gasteiger partial charge in [-0.25, -0.2) is 0 Å². The molecular weight excluding hydrogens is 290 g/mol. The summed E-state index contributed by atoms with van der Waals surface area (Å²) in [6, 6.07) is 13.3. The molecule has 5 nitrogen and oxygen atoms in total. The number of aromatic nitrogens is 1. The molecule has 0 radical (unpaired) electrons. The van der Waals surface area contributed by atoms with E-state index in [4.69, 9.17) is 0 Å². The van der Waals surface area contributed by atoms with Crippen LogP contribution in [-0.2, 0) is 13.6 Å². The summed E-state index contributed by atoms with van der Waals surface area (Å²) >= 11 is 0. The van der Waals surface area contributed by atoms with Gasteiger partial charge in [-0.05, 0) is 24.3 Å². The first-order valence-electron chi connectivity index (χ1n) is 7.96. The van der Waals surface area contributed by atoms with E-state index in [1.165, 1.54) is 5.69 Å². The number of nitrogens with one attached hydrogen (secondary N) is 1. The predicted octanol–water partition coefficient (Wildman–Crippen LogP) is 1.25. The molecular formula is C18H23N3O2. The van der Waals surface area contributed by atoms with Crippen molar-refractivity contribution in [2.24, 2.45) is 13.0 Å². The van der Waals surface area contributed by atoms with Gasteiger partial charge in [-0.2, -0.15) is 0 Å². The van der Waals surface area contributed by atoms with E-state index in [1.54, 1.807) is 12.1 Å². The summed E-state index contributed by atoms with van der Waals surface area (Å²) in [5, 5.41) is 12.7. The van der Waals surface area contributed by atoms with Gasteiger partial charge in [0.05, 0.1) is 0 Å². The summed E-state index contributed by atoms with van der Waals surface area (Å²) in [5.41, 5.74) is 1.89. The maximum atomic E-state index is 12.3. The van der Waals surface area contributed by atoms with Gasteiger partial charge in [0.2, 0.25) is 0 Å². The van der Waals surface area contributed by atoms with Crippen LogP contribution in [0.5, 0.6) is 0 Å². The van der Waals surface area contributed by atoms with Crippen molar-refractivity contribution in [1.82, 2.24) is 14.8 Å². The number of aryl methyl sites for hydroxylation is 1. The van der Waals surface area contributed by atoms with Crippen molar-refractivity contribution in [2.75, 3.05) is 19.7 Å². The standard InChI is InChI=1S/C18H23N3O2/c1-20-9-5-8-16(20)11-21-10-15(13-22)17(12-21)19-18(23)14-6-3-2-4-7-14/h2-9,15,17,22H,10-13H2,1H3,(H,19,23)/t15-,17+/m0/s1. The van der Waals surface area contributed by atoms with E-state index in [-0.39, 0.29) is 24.5 Å². The van der Waals surface area contributed by atoms with E-state index in [2.05, 4.69) is 20.9 Å². The third-order valence-corrected chi connectivity index (χ3v) is 4.54. The number of benzene rings is 1. The van der Waals surface area contributed by atoms with Gasteiger partial charge in [-0.1, -0.05) is 18.2 Å². The first-order valence-corrected chi connectivity index (χ1v) is 7.96. The number of aliphatic hydroxyl groups is 1. The Morgan fingerprint density at radius 2 is 2.00 bits per heavy atom. The van der Waals surface area contributed by atoms with Crippen LogP contribution in [0, 0.1) is 5.92 Å². The highest BCUT2D eigenvalue weighted by Crippen LogP contribution is 2.19. The van der Waals surface area contributed by atoms with Crippen molar-refractivity contribution in [2.45, 2.75) is 12.6 Å². The molecule has 1 amide bonds. The molecule has 23 heavy (non-hydrogen) atoms. The molecule has 2 aromatic rings. The Morgan fingerprint density at radius 1 is 1.22 bits per heavy atom. The smallest absolute Gasteiger partial charge is 0.251 e. The number of carbonyl (C=O) groups excluding carboxylic acids is 1. The highest BCUT2D eigenvalue weighted by atomic mass is 16.3. The van der Waals surface area contributed by atoms with Crippen LogP contribution in [-0.4, -0.2) is 46.2 Å². The molecule has 1 aromatic heterocycles. The van der Waals surface area contributed by atoms with Crippen molar-refractivity contribution >= 4 is 5.91 Å². The molecule has 2 heterocycles. The van der Waals surface area contributed by atoms with Crippen LogP contribution in [0.25, 0.3) is 0 Å². The Kier molecular flexibility index (Phi) is 4.79. The third kappa shape index (κ3) is 3.63. The molecule has 0 unspecified atom stereocenters. The summed E-state index contributed by atoms with van der Waals surface area (Å²) in [7, 11) is 2.03. The summed E-state index contributed by atoms with van der Waals surface area (Å²) in [6.45, 7) is 2.47. The highest BCUT2D eigenvalue weighted by Gasteiger charge is 2.33. The molecule has 0 bridgehead atoms. The second kappa shape index (κ2) is 6.98. The lowest BCUT2D eigenvalue weighted by Crippen LogP contribution is -2.41. The molecule has 0 saturated carbocycles. The van der Waals surface area contributed by atoms with Crippen molar-refractivity contribution < 1.29 is 9.90 Å². The Morgan fingerprint density at radius 3 is 2.65 bits per heavy atom. The van der Waals surface area contributed by atoms with Gasteiger partial charge < -0.3 is 15.0 Å². The average Bonchev–Trinajstić information content (AvgIpc) is 3.15. The van der Waals surface area contributed by atoms with Gasteiger partial charge in [0.25, 0.3) is 5.91 Å². The van der Waals surface area contributed by atoms with E-state index >= 15 is 0 Å². The molecule has 1 aliphatic heterocycles. The van der Waals surface area contributed by atoms with Crippen molar-refractivity contribution in [3.8, 4) is 0 Å². The monoisotopic (exact) mass is 313 g/mol. The molecule has 2 N–H and O–H groups in total. The van der Waals surface area contributed by atoms with Crippen LogP contribution >= 0.6 is 0 Å². The number of carbonyl (C=O) groups is 1. The molecule has 1 saturated heterocycles. The molecule has 1 aromatic carbocycles. The fraction of sp³-hybridized carbons (Fsp3) is 0.389. The lowest BCUT2D eigenvalue weighted by molar-refractivity contribution is 0.0921. The van der Waals surface area contributed by atoms with Crippen LogP contribution in [0.15, 0.2) is 48.7 Å². The number of hydrogen-bond donors (Lipinski definition) is 2. The number of hydrogen-bond acceptors (Lipinski definition) is 3. The maximum absolute atomic E-state index is 12.3.